The molecule has 3 aromatic rings. The average molecular weight is 503 g/mol. The van der Waals surface area contributed by atoms with Gasteiger partial charge in [0.05, 0.1) is 11.6 Å². The molecule has 0 radical (unpaired) electrons. The van der Waals surface area contributed by atoms with Crippen molar-refractivity contribution in [1.29, 1.82) is 5.26 Å². The Morgan fingerprint density at radius 2 is 1.41 bits per heavy atom. The highest BCUT2D eigenvalue weighted by Crippen LogP contribution is 2.27. The molecule has 0 aliphatic carbocycles. The molecule has 9 nitrogen and oxygen atoms in total. The number of aromatic nitrogens is 1. The zero-order valence-corrected chi connectivity index (χ0v) is 21.1. The van der Waals surface area contributed by atoms with Crippen LogP contribution >= 0.6 is 0 Å². The van der Waals surface area contributed by atoms with Crippen molar-refractivity contribution < 1.29 is 24.6 Å². The van der Waals surface area contributed by atoms with Crippen LogP contribution in [0.2, 0.25) is 0 Å². The molecule has 1 heterocycles. The highest BCUT2D eigenvalue weighted by Gasteiger charge is 2.38. The Kier molecular flexibility index (Phi) is 8.15. The summed E-state index contributed by atoms with van der Waals surface area (Å²) in [6.07, 6.45) is 1.09. The van der Waals surface area contributed by atoms with Crippen LogP contribution in [0.4, 0.5) is 0 Å². The standard InChI is InChI=1S/C28H30N4O5/c1-28(2,3)24(26(35)30-4)31-25(34)23(33)22(27(36)37)32-14-13-21(16-32)20-11-9-19(10-12-20)18-7-5-17(15-29)6-8-18/h5-14,16,22-24,33H,1-4H3,(H,30,35)(H,31,34)(H,36,37)/t22-,23+,24-/m1/s1. The van der Waals surface area contributed by atoms with Crippen molar-refractivity contribution >= 4 is 17.8 Å². The van der Waals surface area contributed by atoms with E-state index in [1.165, 1.54) is 17.8 Å². The highest BCUT2D eigenvalue weighted by atomic mass is 16.4. The molecule has 0 saturated carbocycles. The molecule has 2 amide bonds. The third kappa shape index (κ3) is 6.23. The fraction of sp³-hybridized carbons (Fsp3) is 0.286. The van der Waals surface area contributed by atoms with Crippen molar-refractivity contribution in [2.75, 3.05) is 7.05 Å². The molecule has 0 aliphatic heterocycles. The van der Waals surface area contributed by atoms with Gasteiger partial charge < -0.3 is 25.4 Å². The van der Waals surface area contributed by atoms with Crippen molar-refractivity contribution in [1.82, 2.24) is 15.2 Å². The fourth-order valence-corrected chi connectivity index (χ4v) is 3.97. The van der Waals surface area contributed by atoms with Crippen LogP contribution in [-0.2, 0) is 14.4 Å². The number of rotatable bonds is 8. The van der Waals surface area contributed by atoms with Crippen LogP contribution in [0.15, 0.2) is 67.0 Å². The van der Waals surface area contributed by atoms with Crippen molar-refractivity contribution in [2.45, 2.75) is 39.0 Å². The van der Waals surface area contributed by atoms with E-state index < -0.39 is 41.4 Å². The van der Waals surface area contributed by atoms with E-state index in [1.807, 2.05) is 36.4 Å². The van der Waals surface area contributed by atoms with E-state index >= 15 is 0 Å². The van der Waals surface area contributed by atoms with E-state index in [1.54, 1.807) is 45.2 Å². The summed E-state index contributed by atoms with van der Waals surface area (Å²) in [6.45, 7) is 5.25. The lowest BCUT2D eigenvalue weighted by Crippen LogP contribution is -2.56. The number of nitrogens with one attached hydrogen (secondary N) is 2. The Morgan fingerprint density at radius 3 is 1.86 bits per heavy atom. The van der Waals surface area contributed by atoms with E-state index in [2.05, 4.69) is 16.7 Å². The number of aliphatic hydroxyl groups excluding tert-OH is 1. The molecule has 0 spiro atoms. The van der Waals surface area contributed by atoms with E-state index in [0.717, 1.165) is 16.7 Å². The van der Waals surface area contributed by atoms with E-state index in [4.69, 9.17) is 5.26 Å². The van der Waals surface area contributed by atoms with Gasteiger partial charge in [-0.3, -0.25) is 9.59 Å². The minimum absolute atomic E-state index is 0.451. The van der Waals surface area contributed by atoms with Crippen molar-refractivity contribution in [3.63, 3.8) is 0 Å². The van der Waals surface area contributed by atoms with Gasteiger partial charge in [-0.05, 0) is 45.9 Å². The zero-order valence-electron chi connectivity index (χ0n) is 21.1. The summed E-state index contributed by atoms with van der Waals surface area (Å²) < 4.78 is 1.27. The SMILES string of the molecule is CNC(=O)[C@@H](NC(=O)[C@@H](O)[C@H](C(=O)O)n1ccc(-c2ccc(-c3ccc(C#N)cc3)cc2)c1)C(C)(C)C. The van der Waals surface area contributed by atoms with Crippen LogP contribution in [0.5, 0.6) is 0 Å². The number of hydrogen-bond donors (Lipinski definition) is 4. The summed E-state index contributed by atoms with van der Waals surface area (Å²) in [5.74, 6) is -2.81. The van der Waals surface area contributed by atoms with Crippen LogP contribution in [0, 0.1) is 16.7 Å². The molecule has 4 N–H and O–H groups in total. The van der Waals surface area contributed by atoms with E-state index in [0.29, 0.717) is 11.1 Å². The molecule has 0 unspecified atom stereocenters. The molecule has 3 atom stereocenters. The minimum atomic E-state index is -1.94. The lowest BCUT2D eigenvalue weighted by Gasteiger charge is -2.31. The predicted octanol–water partition coefficient (Wildman–Crippen LogP) is 2.96. The van der Waals surface area contributed by atoms with Crippen LogP contribution in [0.1, 0.15) is 32.4 Å². The van der Waals surface area contributed by atoms with Gasteiger partial charge in [0, 0.05) is 19.4 Å². The molecular formula is C28H30N4O5. The quantitative estimate of drug-likeness (QED) is 0.373. The number of hydrogen-bond acceptors (Lipinski definition) is 5. The molecule has 0 saturated heterocycles. The number of carboxylic acid groups (broad SMARTS) is 1. The van der Waals surface area contributed by atoms with Crippen molar-refractivity contribution in [2.24, 2.45) is 5.41 Å². The number of carbonyl (C=O) groups excluding carboxylic acids is 2. The topological polar surface area (TPSA) is 144 Å². The monoisotopic (exact) mass is 502 g/mol. The Balaban J connectivity index is 1.81. The first-order chi connectivity index (χ1) is 17.5. The average Bonchev–Trinajstić information content (AvgIpc) is 3.35. The Hall–Kier alpha value is -4.42. The Morgan fingerprint density at radius 1 is 0.892 bits per heavy atom. The molecule has 9 heteroatoms. The van der Waals surface area contributed by atoms with E-state index in [9.17, 15) is 24.6 Å². The molecule has 0 aliphatic rings. The lowest BCUT2D eigenvalue weighted by atomic mass is 9.86. The van der Waals surface area contributed by atoms with Crippen LogP contribution in [-0.4, -0.2) is 51.8 Å². The number of aliphatic carboxylic acids is 1. The van der Waals surface area contributed by atoms with Gasteiger partial charge in [-0.2, -0.15) is 5.26 Å². The molecule has 3 rings (SSSR count). The molecule has 0 fully saturated rings. The summed E-state index contributed by atoms with van der Waals surface area (Å²) in [5, 5.41) is 34.4. The van der Waals surface area contributed by atoms with Gasteiger partial charge in [0.2, 0.25) is 5.91 Å². The van der Waals surface area contributed by atoms with Crippen molar-refractivity contribution in [3.8, 4) is 28.3 Å². The summed E-state index contributed by atoms with van der Waals surface area (Å²) in [5.41, 5.74) is 3.32. The van der Waals surface area contributed by atoms with Gasteiger partial charge in [0.25, 0.3) is 5.91 Å². The maximum Gasteiger partial charge on any atom is 0.329 e. The normalized spacial score (nSPS) is 13.6. The second-order valence-corrected chi connectivity index (χ2v) is 9.76. The van der Waals surface area contributed by atoms with Crippen LogP contribution in [0.3, 0.4) is 0 Å². The van der Waals surface area contributed by atoms with Crippen LogP contribution < -0.4 is 10.6 Å². The number of amides is 2. The van der Waals surface area contributed by atoms with Gasteiger partial charge in [0.15, 0.2) is 12.1 Å². The molecule has 192 valence electrons. The van der Waals surface area contributed by atoms with Gasteiger partial charge in [0.1, 0.15) is 6.04 Å². The molecule has 37 heavy (non-hydrogen) atoms. The summed E-state index contributed by atoms with van der Waals surface area (Å²) in [4.78, 5) is 37.1. The maximum absolute atomic E-state index is 12.8. The van der Waals surface area contributed by atoms with Crippen LogP contribution in [0.25, 0.3) is 22.3 Å². The summed E-state index contributed by atoms with van der Waals surface area (Å²) in [6, 6.07) is 16.0. The van der Waals surface area contributed by atoms with Gasteiger partial charge >= 0.3 is 5.97 Å². The first-order valence-corrected chi connectivity index (χ1v) is 11.7. The fourth-order valence-electron chi connectivity index (χ4n) is 3.97. The first kappa shape index (κ1) is 27.2. The highest BCUT2D eigenvalue weighted by molar-refractivity contribution is 5.92. The number of likely N-dealkylation sites (N-methyl/N-ethyl adjacent to an activating group) is 1. The molecule has 2 aromatic carbocycles. The minimum Gasteiger partial charge on any atom is -0.480 e. The number of aliphatic hydroxyl groups is 1. The van der Waals surface area contributed by atoms with Gasteiger partial charge in [-0.15, -0.1) is 0 Å². The smallest absolute Gasteiger partial charge is 0.329 e. The number of nitrogens with zero attached hydrogens (tertiary/aromatic N) is 2. The largest absolute Gasteiger partial charge is 0.480 e. The molecule has 1 aromatic heterocycles. The van der Waals surface area contributed by atoms with Gasteiger partial charge in [-0.25, -0.2) is 4.79 Å². The Bertz CT molecular complexity index is 1310. The maximum atomic E-state index is 12.8. The first-order valence-electron chi connectivity index (χ1n) is 11.7. The summed E-state index contributed by atoms with van der Waals surface area (Å²) in [7, 11) is 1.43. The second-order valence-electron chi connectivity index (χ2n) is 9.76. The third-order valence-electron chi connectivity index (χ3n) is 6.08. The number of carboxylic acids is 1. The predicted molar refractivity (Wildman–Crippen MR) is 138 cm³/mol. The number of nitriles is 1. The zero-order chi connectivity index (χ0) is 27.3. The third-order valence-corrected chi connectivity index (χ3v) is 6.08. The Labute approximate surface area is 215 Å². The summed E-state index contributed by atoms with van der Waals surface area (Å²) >= 11 is 0. The number of carbonyl (C=O) groups is 3. The van der Waals surface area contributed by atoms with Crippen molar-refractivity contribution in [3.05, 3.63) is 72.6 Å². The number of benzene rings is 2. The molecular weight excluding hydrogens is 472 g/mol. The van der Waals surface area contributed by atoms with E-state index in [-0.39, 0.29) is 0 Å². The molecule has 0 bridgehead atoms. The lowest BCUT2D eigenvalue weighted by molar-refractivity contribution is -0.150. The van der Waals surface area contributed by atoms with Gasteiger partial charge in [-0.1, -0.05) is 57.2 Å². The second kappa shape index (κ2) is 11.1.